The number of anilines is 2. The number of amides is 1. The molecule has 0 atom stereocenters. The number of hydrogen-bond acceptors (Lipinski definition) is 5. The number of benzene rings is 3. The molecule has 0 unspecified atom stereocenters. The SMILES string of the molecule is O=C(CCNc1ccccc1Oc1ccccc1)Nc1ccc2c(c1)OCO2. The first-order valence-electron chi connectivity index (χ1n) is 9.03. The minimum Gasteiger partial charge on any atom is -0.455 e. The van der Waals surface area contributed by atoms with Gasteiger partial charge in [0.05, 0.1) is 5.69 Å². The van der Waals surface area contributed by atoms with Crippen LogP contribution in [0.25, 0.3) is 0 Å². The van der Waals surface area contributed by atoms with Crippen molar-refractivity contribution >= 4 is 17.3 Å². The average Bonchev–Trinajstić information content (AvgIpc) is 3.18. The summed E-state index contributed by atoms with van der Waals surface area (Å²) in [4.78, 5) is 12.2. The van der Waals surface area contributed by atoms with E-state index in [0.29, 0.717) is 35.9 Å². The Bertz CT molecular complexity index is 960. The molecular weight excluding hydrogens is 356 g/mol. The molecule has 1 aliphatic heterocycles. The second-order valence-corrected chi connectivity index (χ2v) is 6.20. The molecule has 1 heterocycles. The summed E-state index contributed by atoms with van der Waals surface area (Å²) in [5.41, 5.74) is 1.52. The second kappa shape index (κ2) is 8.35. The largest absolute Gasteiger partial charge is 0.455 e. The maximum atomic E-state index is 12.2. The zero-order chi connectivity index (χ0) is 19.2. The van der Waals surface area contributed by atoms with Crippen LogP contribution in [0.4, 0.5) is 11.4 Å². The first-order valence-corrected chi connectivity index (χ1v) is 9.03. The van der Waals surface area contributed by atoms with E-state index in [1.165, 1.54) is 0 Å². The van der Waals surface area contributed by atoms with E-state index in [9.17, 15) is 4.79 Å². The number of nitrogens with one attached hydrogen (secondary N) is 2. The van der Waals surface area contributed by atoms with Crippen molar-refractivity contribution in [1.29, 1.82) is 0 Å². The highest BCUT2D eigenvalue weighted by Crippen LogP contribution is 2.34. The third-order valence-electron chi connectivity index (χ3n) is 4.18. The predicted octanol–water partition coefficient (Wildman–Crippen LogP) is 4.65. The van der Waals surface area contributed by atoms with Crippen molar-refractivity contribution in [1.82, 2.24) is 0 Å². The molecular formula is C22H20N2O4. The van der Waals surface area contributed by atoms with Crippen LogP contribution in [0.3, 0.4) is 0 Å². The summed E-state index contributed by atoms with van der Waals surface area (Å²) in [5, 5.41) is 6.13. The fraction of sp³-hybridized carbons (Fsp3) is 0.136. The lowest BCUT2D eigenvalue weighted by Crippen LogP contribution is -2.16. The highest BCUT2D eigenvalue weighted by atomic mass is 16.7. The maximum Gasteiger partial charge on any atom is 0.231 e. The van der Waals surface area contributed by atoms with Crippen LogP contribution in [0.2, 0.25) is 0 Å². The number of carbonyl (C=O) groups excluding carboxylic acids is 1. The van der Waals surface area contributed by atoms with E-state index in [1.807, 2.05) is 54.6 Å². The Balaban J connectivity index is 1.31. The van der Waals surface area contributed by atoms with Crippen LogP contribution in [-0.4, -0.2) is 19.2 Å². The van der Waals surface area contributed by atoms with Gasteiger partial charge in [0.15, 0.2) is 17.2 Å². The maximum absolute atomic E-state index is 12.2. The van der Waals surface area contributed by atoms with Crippen LogP contribution < -0.4 is 24.8 Å². The monoisotopic (exact) mass is 376 g/mol. The summed E-state index contributed by atoms with van der Waals surface area (Å²) < 4.78 is 16.5. The Morgan fingerprint density at radius 3 is 2.61 bits per heavy atom. The number of rotatable bonds is 7. The molecule has 4 rings (SSSR count). The van der Waals surface area contributed by atoms with Crippen LogP contribution in [0.15, 0.2) is 72.8 Å². The molecule has 0 radical (unpaired) electrons. The molecule has 1 aliphatic rings. The third-order valence-corrected chi connectivity index (χ3v) is 4.18. The summed E-state index contributed by atoms with van der Waals surface area (Å²) in [7, 11) is 0. The zero-order valence-electron chi connectivity index (χ0n) is 15.2. The lowest BCUT2D eigenvalue weighted by atomic mass is 10.2. The van der Waals surface area contributed by atoms with Crippen LogP contribution >= 0.6 is 0 Å². The van der Waals surface area contributed by atoms with Gasteiger partial charge < -0.3 is 24.8 Å². The van der Waals surface area contributed by atoms with Gasteiger partial charge in [-0.05, 0) is 36.4 Å². The second-order valence-electron chi connectivity index (χ2n) is 6.20. The molecule has 0 aromatic heterocycles. The number of para-hydroxylation sites is 3. The number of fused-ring (bicyclic) bond motifs is 1. The van der Waals surface area contributed by atoms with Crippen molar-refractivity contribution < 1.29 is 19.0 Å². The summed E-state index contributed by atoms with van der Waals surface area (Å²) in [6, 6.07) is 22.6. The molecule has 3 aromatic carbocycles. The van der Waals surface area contributed by atoms with Crippen molar-refractivity contribution in [2.24, 2.45) is 0 Å². The fourth-order valence-corrected chi connectivity index (χ4v) is 2.83. The van der Waals surface area contributed by atoms with Crippen LogP contribution in [0.1, 0.15) is 6.42 Å². The van der Waals surface area contributed by atoms with Crippen molar-refractivity contribution in [3.63, 3.8) is 0 Å². The van der Waals surface area contributed by atoms with E-state index < -0.39 is 0 Å². The van der Waals surface area contributed by atoms with Gasteiger partial charge in [-0.2, -0.15) is 0 Å². The number of carbonyl (C=O) groups is 1. The topological polar surface area (TPSA) is 68.8 Å². The van der Waals surface area contributed by atoms with Crippen LogP contribution in [0, 0.1) is 0 Å². The van der Waals surface area contributed by atoms with Crippen molar-refractivity contribution in [2.45, 2.75) is 6.42 Å². The van der Waals surface area contributed by atoms with Gasteiger partial charge in [0.25, 0.3) is 0 Å². The van der Waals surface area contributed by atoms with E-state index in [-0.39, 0.29) is 12.7 Å². The summed E-state index contributed by atoms with van der Waals surface area (Å²) >= 11 is 0. The van der Waals surface area contributed by atoms with Crippen molar-refractivity contribution in [2.75, 3.05) is 24.0 Å². The van der Waals surface area contributed by atoms with E-state index in [1.54, 1.807) is 18.2 Å². The molecule has 0 bridgehead atoms. The fourth-order valence-electron chi connectivity index (χ4n) is 2.83. The third kappa shape index (κ3) is 4.35. The molecule has 142 valence electrons. The zero-order valence-corrected chi connectivity index (χ0v) is 15.2. The Morgan fingerprint density at radius 2 is 1.71 bits per heavy atom. The van der Waals surface area contributed by atoms with Gasteiger partial charge in [-0.1, -0.05) is 30.3 Å². The Hall–Kier alpha value is -3.67. The quantitative estimate of drug-likeness (QED) is 0.628. The molecule has 0 saturated carbocycles. The molecule has 28 heavy (non-hydrogen) atoms. The van der Waals surface area contributed by atoms with Gasteiger partial charge in [-0.25, -0.2) is 0 Å². The summed E-state index contributed by atoms with van der Waals surface area (Å²) in [5.74, 6) is 2.72. The van der Waals surface area contributed by atoms with E-state index in [0.717, 1.165) is 11.4 Å². The molecule has 0 saturated heterocycles. The minimum absolute atomic E-state index is 0.0900. The molecule has 6 nitrogen and oxygen atoms in total. The predicted molar refractivity (Wildman–Crippen MR) is 107 cm³/mol. The Morgan fingerprint density at radius 1 is 0.929 bits per heavy atom. The lowest BCUT2D eigenvalue weighted by molar-refractivity contribution is -0.115. The Labute approximate surface area is 163 Å². The molecule has 2 N–H and O–H groups in total. The lowest BCUT2D eigenvalue weighted by Gasteiger charge is -2.13. The number of hydrogen-bond donors (Lipinski definition) is 2. The first-order chi connectivity index (χ1) is 13.8. The molecule has 3 aromatic rings. The highest BCUT2D eigenvalue weighted by Gasteiger charge is 2.14. The van der Waals surface area contributed by atoms with Gasteiger partial charge in [0.1, 0.15) is 5.75 Å². The van der Waals surface area contributed by atoms with Crippen LogP contribution in [-0.2, 0) is 4.79 Å². The smallest absolute Gasteiger partial charge is 0.231 e. The van der Waals surface area contributed by atoms with Crippen molar-refractivity contribution in [3.8, 4) is 23.0 Å². The van der Waals surface area contributed by atoms with Gasteiger partial charge in [0.2, 0.25) is 12.7 Å². The summed E-state index contributed by atoms with van der Waals surface area (Å²) in [6.45, 7) is 0.687. The standard InChI is InChI=1S/C22H20N2O4/c25-22(24-16-10-11-20-21(14-16)27-15-26-20)12-13-23-18-8-4-5-9-19(18)28-17-6-2-1-3-7-17/h1-11,14,23H,12-13,15H2,(H,24,25). The van der Waals surface area contributed by atoms with Gasteiger partial charge in [-0.3, -0.25) is 4.79 Å². The van der Waals surface area contributed by atoms with Gasteiger partial charge in [-0.15, -0.1) is 0 Å². The van der Waals surface area contributed by atoms with Crippen LogP contribution in [0.5, 0.6) is 23.0 Å². The molecule has 6 heteroatoms. The van der Waals surface area contributed by atoms with Gasteiger partial charge >= 0.3 is 0 Å². The van der Waals surface area contributed by atoms with E-state index in [2.05, 4.69) is 10.6 Å². The Kier molecular flexibility index (Phi) is 5.29. The van der Waals surface area contributed by atoms with E-state index in [4.69, 9.17) is 14.2 Å². The molecule has 0 aliphatic carbocycles. The highest BCUT2D eigenvalue weighted by molar-refractivity contribution is 5.91. The van der Waals surface area contributed by atoms with E-state index >= 15 is 0 Å². The number of ether oxygens (including phenoxy) is 3. The normalized spacial score (nSPS) is 11.7. The summed E-state index contributed by atoms with van der Waals surface area (Å²) in [6.07, 6.45) is 0.314. The minimum atomic E-state index is -0.0900. The van der Waals surface area contributed by atoms with Crippen molar-refractivity contribution in [3.05, 3.63) is 72.8 Å². The first kappa shape index (κ1) is 17.7. The van der Waals surface area contributed by atoms with Gasteiger partial charge in [0, 0.05) is 24.7 Å². The average molecular weight is 376 g/mol. The molecule has 0 spiro atoms. The molecule has 0 fully saturated rings. The molecule has 1 amide bonds.